The molecule has 3 nitrogen and oxygen atoms in total. The van der Waals surface area contributed by atoms with Crippen LogP contribution in [0.4, 0.5) is 5.69 Å². The Morgan fingerprint density at radius 2 is 1.61 bits per heavy atom. The van der Waals surface area contributed by atoms with Gasteiger partial charge in [0.1, 0.15) is 0 Å². The summed E-state index contributed by atoms with van der Waals surface area (Å²) in [6, 6.07) is 21.8. The maximum atomic E-state index is 5.82. The van der Waals surface area contributed by atoms with Crippen molar-refractivity contribution in [3.8, 4) is 22.6 Å². The first-order valence-corrected chi connectivity index (χ1v) is 11.8. The minimum Gasteiger partial charge on any atom is -0.493 e. The number of fused-ring (bicyclic) bond motifs is 1. The quantitative estimate of drug-likeness (QED) is 0.397. The van der Waals surface area contributed by atoms with Crippen molar-refractivity contribution in [3.05, 3.63) is 77.4 Å². The Balaban J connectivity index is 1.83. The molecule has 3 aromatic carbocycles. The van der Waals surface area contributed by atoms with Gasteiger partial charge in [0.2, 0.25) is 0 Å². The van der Waals surface area contributed by atoms with Gasteiger partial charge in [-0.25, -0.2) is 0 Å². The molecule has 0 bridgehead atoms. The van der Waals surface area contributed by atoms with Crippen molar-refractivity contribution >= 4 is 17.3 Å². The minimum absolute atomic E-state index is 0.116. The van der Waals surface area contributed by atoms with Crippen LogP contribution >= 0.6 is 0 Å². The molecule has 0 saturated heterocycles. The van der Waals surface area contributed by atoms with E-state index in [2.05, 4.69) is 99.3 Å². The summed E-state index contributed by atoms with van der Waals surface area (Å²) in [6.07, 6.45) is 3.42. The third-order valence-electron chi connectivity index (χ3n) is 6.37. The molecule has 0 radical (unpaired) electrons. The van der Waals surface area contributed by atoms with Gasteiger partial charge in [-0.2, -0.15) is 0 Å². The zero-order valence-electron chi connectivity index (χ0n) is 20.7. The van der Waals surface area contributed by atoms with Crippen LogP contribution < -0.4 is 14.4 Å². The number of benzene rings is 3. The summed E-state index contributed by atoms with van der Waals surface area (Å²) >= 11 is 0. The molecule has 0 saturated carbocycles. The van der Waals surface area contributed by atoms with Gasteiger partial charge in [-0.1, -0.05) is 70.2 Å². The molecule has 33 heavy (non-hydrogen) atoms. The van der Waals surface area contributed by atoms with E-state index in [4.69, 9.17) is 9.47 Å². The Hall–Kier alpha value is -3.20. The maximum absolute atomic E-state index is 5.82. The predicted octanol–water partition coefficient (Wildman–Crippen LogP) is 7.44. The van der Waals surface area contributed by atoms with Crippen LogP contribution in [0.1, 0.15) is 50.8 Å². The van der Waals surface area contributed by atoms with Gasteiger partial charge in [-0.3, -0.25) is 0 Å². The summed E-state index contributed by atoms with van der Waals surface area (Å²) in [6.45, 7) is 10.9. The van der Waals surface area contributed by atoms with E-state index in [0.29, 0.717) is 0 Å². The van der Waals surface area contributed by atoms with Crippen molar-refractivity contribution in [1.29, 1.82) is 0 Å². The second-order valence-electron chi connectivity index (χ2n) is 9.74. The SMILES string of the molecule is CCCN1CC(c2cc(OC)c(OC)c(-c3ccc(C(C)(C)C)cc3)c2)=Cc2ccccc21. The van der Waals surface area contributed by atoms with E-state index in [1.807, 2.05) is 0 Å². The molecule has 1 aliphatic rings. The molecule has 172 valence electrons. The number of hydrogen-bond donors (Lipinski definition) is 0. The highest BCUT2D eigenvalue weighted by Crippen LogP contribution is 2.43. The summed E-state index contributed by atoms with van der Waals surface area (Å²) < 4.78 is 11.6. The number of anilines is 1. The van der Waals surface area contributed by atoms with E-state index >= 15 is 0 Å². The van der Waals surface area contributed by atoms with Crippen molar-refractivity contribution in [1.82, 2.24) is 0 Å². The summed E-state index contributed by atoms with van der Waals surface area (Å²) in [5.74, 6) is 1.53. The molecule has 3 heteroatoms. The Morgan fingerprint density at radius 1 is 0.879 bits per heavy atom. The number of hydrogen-bond acceptors (Lipinski definition) is 3. The fourth-order valence-corrected chi connectivity index (χ4v) is 4.58. The van der Waals surface area contributed by atoms with Crippen LogP contribution in [0.5, 0.6) is 11.5 Å². The van der Waals surface area contributed by atoms with E-state index < -0.39 is 0 Å². The zero-order chi connectivity index (χ0) is 23.6. The van der Waals surface area contributed by atoms with Gasteiger partial charge >= 0.3 is 0 Å². The normalized spacial score (nSPS) is 13.4. The van der Waals surface area contributed by atoms with E-state index in [0.717, 1.165) is 47.7 Å². The molecule has 0 N–H and O–H groups in total. The highest BCUT2D eigenvalue weighted by molar-refractivity contribution is 5.93. The van der Waals surface area contributed by atoms with E-state index in [1.165, 1.54) is 22.4 Å². The summed E-state index contributed by atoms with van der Waals surface area (Å²) in [4.78, 5) is 2.47. The number of nitrogens with zero attached hydrogens (tertiary/aromatic N) is 1. The number of methoxy groups -OCH3 is 2. The van der Waals surface area contributed by atoms with Crippen molar-refractivity contribution < 1.29 is 9.47 Å². The highest BCUT2D eigenvalue weighted by Gasteiger charge is 2.22. The molecule has 0 amide bonds. The molecule has 0 fully saturated rings. The third-order valence-corrected chi connectivity index (χ3v) is 6.37. The van der Waals surface area contributed by atoms with Crippen LogP contribution in [-0.4, -0.2) is 27.3 Å². The topological polar surface area (TPSA) is 21.7 Å². The lowest BCUT2D eigenvalue weighted by atomic mass is 9.86. The molecule has 0 spiro atoms. The van der Waals surface area contributed by atoms with Crippen LogP contribution in [0.15, 0.2) is 60.7 Å². The average Bonchev–Trinajstić information content (AvgIpc) is 2.82. The van der Waals surface area contributed by atoms with E-state index in [-0.39, 0.29) is 5.41 Å². The largest absolute Gasteiger partial charge is 0.493 e. The number of ether oxygens (including phenoxy) is 2. The average molecular weight is 442 g/mol. The van der Waals surface area contributed by atoms with Crippen LogP contribution in [0, 0.1) is 0 Å². The van der Waals surface area contributed by atoms with Gasteiger partial charge in [-0.05, 0) is 63.9 Å². The first kappa shape index (κ1) is 23.0. The molecule has 1 aliphatic heterocycles. The zero-order valence-corrected chi connectivity index (χ0v) is 20.7. The molecular formula is C30H35NO2. The molecule has 0 atom stereocenters. The van der Waals surface area contributed by atoms with E-state index in [9.17, 15) is 0 Å². The smallest absolute Gasteiger partial charge is 0.168 e. The Bertz CT molecular complexity index is 1150. The summed E-state index contributed by atoms with van der Waals surface area (Å²) in [5.41, 5.74) is 8.63. The lowest BCUT2D eigenvalue weighted by Gasteiger charge is -2.31. The minimum atomic E-state index is 0.116. The first-order valence-electron chi connectivity index (χ1n) is 11.8. The molecule has 3 aromatic rings. The van der Waals surface area contributed by atoms with Crippen molar-refractivity contribution in [2.75, 3.05) is 32.2 Å². The van der Waals surface area contributed by atoms with Crippen LogP contribution in [0.2, 0.25) is 0 Å². The Kier molecular flexibility index (Phi) is 6.51. The third kappa shape index (κ3) is 4.64. The van der Waals surface area contributed by atoms with Crippen LogP contribution in [-0.2, 0) is 5.41 Å². The molecule has 4 rings (SSSR count). The second kappa shape index (κ2) is 9.35. The van der Waals surface area contributed by atoms with Gasteiger partial charge in [0.15, 0.2) is 11.5 Å². The molecule has 0 aromatic heterocycles. The Labute approximate surface area is 198 Å². The maximum Gasteiger partial charge on any atom is 0.168 e. The fourth-order valence-electron chi connectivity index (χ4n) is 4.58. The lowest BCUT2D eigenvalue weighted by molar-refractivity contribution is 0.356. The monoisotopic (exact) mass is 441 g/mol. The number of para-hydroxylation sites is 1. The van der Waals surface area contributed by atoms with E-state index in [1.54, 1.807) is 14.2 Å². The predicted molar refractivity (Wildman–Crippen MR) is 140 cm³/mol. The van der Waals surface area contributed by atoms with Gasteiger partial charge < -0.3 is 14.4 Å². The first-order chi connectivity index (χ1) is 15.9. The standard InChI is InChI=1S/C30H35NO2/c1-7-16-31-20-24(17-22-10-8-9-11-27(22)31)23-18-26(29(33-6)28(19-23)32-5)21-12-14-25(15-13-21)30(2,3)4/h8-15,17-19H,7,16,20H2,1-6H3. The van der Waals surface area contributed by atoms with Gasteiger partial charge in [0.05, 0.1) is 14.2 Å². The summed E-state index contributed by atoms with van der Waals surface area (Å²) in [7, 11) is 3.42. The molecule has 1 heterocycles. The van der Waals surface area contributed by atoms with Crippen LogP contribution in [0.3, 0.4) is 0 Å². The Morgan fingerprint density at radius 3 is 2.24 bits per heavy atom. The molecular weight excluding hydrogens is 406 g/mol. The second-order valence-corrected chi connectivity index (χ2v) is 9.74. The van der Waals surface area contributed by atoms with Crippen molar-refractivity contribution in [3.63, 3.8) is 0 Å². The molecule has 0 aliphatic carbocycles. The van der Waals surface area contributed by atoms with Crippen molar-refractivity contribution in [2.45, 2.75) is 39.5 Å². The van der Waals surface area contributed by atoms with Crippen LogP contribution in [0.25, 0.3) is 22.8 Å². The highest BCUT2D eigenvalue weighted by atomic mass is 16.5. The summed E-state index contributed by atoms with van der Waals surface area (Å²) in [5, 5.41) is 0. The number of rotatable bonds is 6. The van der Waals surface area contributed by atoms with Gasteiger partial charge in [0.25, 0.3) is 0 Å². The fraction of sp³-hybridized carbons (Fsp3) is 0.333. The van der Waals surface area contributed by atoms with Crippen molar-refractivity contribution in [2.24, 2.45) is 0 Å². The lowest BCUT2D eigenvalue weighted by Crippen LogP contribution is -2.29. The van der Waals surface area contributed by atoms with Gasteiger partial charge in [0, 0.05) is 24.3 Å². The molecule has 0 unspecified atom stereocenters. The van der Waals surface area contributed by atoms with Gasteiger partial charge in [-0.15, -0.1) is 0 Å².